The molecule has 24 heavy (non-hydrogen) atoms. The predicted molar refractivity (Wildman–Crippen MR) is 99.0 cm³/mol. The number of nitrogens with zero attached hydrogens (tertiary/aromatic N) is 1. The maximum absolute atomic E-state index is 12.2. The molecular weight excluding hydrogens is 300 g/mol. The minimum atomic E-state index is 0.116. The molecule has 2 rings (SSSR count). The van der Waals surface area contributed by atoms with Crippen LogP contribution in [0.15, 0.2) is 29.4 Å². The van der Waals surface area contributed by atoms with Gasteiger partial charge in [-0.1, -0.05) is 30.7 Å². The number of carbonyl (C=O) groups excluding carboxylic acids is 1. The van der Waals surface area contributed by atoms with E-state index in [9.17, 15) is 4.79 Å². The minimum absolute atomic E-state index is 0.116. The van der Waals surface area contributed by atoms with Gasteiger partial charge < -0.3 is 16.5 Å². The predicted octanol–water partition coefficient (Wildman–Crippen LogP) is 2.00. The molecular formula is C19H30N4O. The lowest BCUT2D eigenvalue weighted by Crippen LogP contribution is -2.26. The van der Waals surface area contributed by atoms with Crippen molar-refractivity contribution < 1.29 is 4.79 Å². The lowest BCUT2D eigenvalue weighted by molar-refractivity contribution is -0.120. The zero-order chi connectivity index (χ0) is 17.0. The van der Waals surface area contributed by atoms with E-state index in [4.69, 9.17) is 5.73 Å². The van der Waals surface area contributed by atoms with Gasteiger partial charge in [0.15, 0.2) is 0 Å². The molecule has 0 aromatic heterocycles. The maximum atomic E-state index is 12.2. The van der Waals surface area contributed by atoms with E-state index >= 15 is 0 Å². The quantitative estimate of drug-likeness (QED) is 0.543. The molecule has 1 aromatic rings. The third-order valence-corrected chi connectivity index (χ3v) is 4.42. The topological polar surface area (TPSA) is 79.5 Å². The van der Waals surface area contributed by atoms with E-state index in [0.717, 1.165) is 63.7 Å². The van der Waals surface area contributed by atoms with Gasteiger partial charge in [-0.25, -0.2) is 0 Å². The van der Waals surface area contributed by atoms with Gasteiger partial charge in [-0.3, -0.25) is 4.79 Å². The second-order valence-electron chi connectivity index (χ2n) is 6.44. The SMILES string of the molecule is NCCCCc1ccccc1CC(=O)NCCCCC1C=NNC1. The Morgan fingerprint density at radius 1 is 1.21 bits per heavy atom. The van der Waals surface area contributed by atoms with Gasteiger partial charge in [0.05, 0.1) is 6.42 Å². The number of hydrogen-bond donors (Lipinski definition) is 3. The van der Waals surface area contributed by atoms with E-state index in [-0.39, 0.29) is 5.91 Å². The van der Waals surface area contributed by atoms with Gasteiger partial charge in [0.25, 0.3) is 0 Å². The van der Waals surface area contributed by atoms with E-state index in [1.54, 1.807) is 0 Å². The van der Waals surface area contributed by atoms with Crippen molar-refractivity contribution in [2.75, 3.05) is 19.6 Å². The summed E-state index contributed by atoms with van der Waals surface area (Å²) in [6, 6.07) is 8.23. The number of nitrogens with two attached hydrogens (primary N) is 1. The number of unbranched alkanes of at least 4 members (excludes halogenated alkanes) is 2. The highest BCUT2D eigenvalue weighted by Crippen LogP contribution is 2.13. The van der Waals surface area contributed by atoms with Crippen LogP contribution in [0.3, 0.4) is 0 Å². The molecule has 1 atom stereocenters. The molecule has 1 aromatic carbocycles. The molecule has 0 saturated carbocycles. The number of rotatable bonds is 11. The fourth-order valence-electron chi connectivity index (χ4n) is 2.99. The van der Waals surface area contributed by atoms with Crippen LogP contribution >= 0.6 is 0 Å². The normalized spacial score (nSPS) is 16.1. The molecule has 1 aliphatic rings. The molecule has 0 aliphatic carbocycles. The standard InChI is InChI=1S/C19H30N4O/c20-11-5-3-9-17-8-1-2-10-18(17)13-19(24)21-12-6-4-7-16-14-22-23-15-16/h1-2,8,10,14,16,23H,3-7,9,11-13,15,20H2,(H,21,24). The number of hydrogen-bond acceptors (Lipinski definition) is 4. The van der Waals surface area contributed by atoms with Crippen molar-refractivity contribution in [2.24, 2.45) is 16.8 Å². The highest BCUT2D eigenvalue weighted by Gasteiger charge is 2.10. The van der Waals surface area contributed by atoms with Crippen LogP contribution in [-0.2, 0) is 17.6 Å². The van der Waals surface area contributed by atoms with Crippen molar-refractivity contribution in [1.29, 1.82) is 0 Å². The van der Waals surface area contributed by atoms with Crippen LogP contribution in [0.4, 0.5) is 0 Å². The average Bonchev–Trinajstić information content (AvgIpc) is 3.10. The van der Waals surface area contributed by atoms with Crippen molar-refractivity contribution in [1.82, 2.24) is 10.7 Å². The molecule has 0 saturated heterocycles. The Morgan fingerprint density at radius 2 is 2.04 bits per heavy atom. The van der Waals surface area contributed by atoms with Crippen LogP contribution < -0.4 is 16.5 Å². The summed E-state index contributed by atoms with van der Waals surface area (Å²) in [6.07, 6.45) is 8.84. The van der Waals surface area contributed by atoms with Crippen LogP contribution in [-0.4, -0.2) is 31.8 Å². The van der Waals surface area contributed by atoms with Gasteiger partial charge in [-0.05, 0) is 49.8 Å². The average molecular weight is 330 g/mol. The van der Waals surface area contributed by atoms with Crippen molar-refractivity contribution in [3.63, 3.8) is 0 Å². The molecule has 1 amide bonds. The Bertz CT molecular complexity index is 530. The second kappa shape index (κ2) is 10.8. The highest BCUT2D eigenvalue weighted by atomic mass is 16.1. The van der Waals surface area contributed by atoms with Crippen LogP contribution in [0.25, 0.3) is 0 Å². The fourth-order valence-corrected chi connectivity index (χ4v) is 2.99. The smallest absolute Gasteiger partial charge is 0.224 e. The number of carbonyl (C=O) groups is 1. The molecule has 5 nitrogen and oxygen atoms in total. The summed E-state index contributed by atoms with van der Waals surface area (Å²) in [5.41, 5.74) is 10.9. The molecule has 5 heteroatoms. The maximum Gasteiger partial charge on any atom is 0.224 e. The summed E-state index contributed by atoms with van der Waals surface area (Å²) in [5, 5.41) is 7.06. The number of aryl methyl sites for hydroxylation is 1. The van der Waals surface area contributed by atoms with Gasteiger partial charge in [0, 0.05) is 25.2 Å². The zero-order valence-electron chi connectivity index (χ0n) is 14.5. The molecule has 0 bridgehead atoms. The van der Waals surface area contributed by atoms with E-state index in [1.165, 1.54) is 5.56 Å². The van der Waals surface area contributed by atoms with Gasteiger partial charge in [-0.2, -0.15) is 5.10 Å². The summed E-state index contributed by atoms with van der Waals surface area (Å²) in [4.78, 5) is 12.2. The summed E-state index contributed by atoms with van der Waals surface area (Å²) in [7, 11) is 0. The summed E-state index contributed by atoms with van der Waals surface area (Å²) < 4.78 is 0. The first kappa shape index (κ1) is 18.5. The Balaban J connectivity index is 1.65. The first-order chi connectivity index (χ1) is 11.8. The first-order valence-electron chi connectivity index (χ1n) is 9.09. The molecule has 1 unspecified atom stereocenters. The van der Waals surface area contributed by atoms with Gasteiger partial charge >= 0.3 is 0 Å². The zero-order valence-corrected chi connectivity index (χ0v) is 14.5. The Kier molecular flexibility index (Phi) is 8.32. The lowest BCUT2D eigenvalue weighted by atomic mass is 9.99. The summed E-state index contributed by atoms with van der Waals surface area (Å²) in [5.74, 6) is 0.673. The van der Waals surface area contributed by atoms with Crippen molar-refractivity contribution in [3.8, 4) is 0 Å². The van der Waals surface area contributed by atoms with Crippen LogP contribution in [0, 0.1) is 5.92 Å². The third-order valence-electron chi connectivity index (χ3n) is 4.42. The van der Waals surface area contributed by atoms with Crippen molar-refractivity contribution in [2.45, 2.75) is 44.9 Å². The Hall–Kier alpha value is -1.88. The molecule has 132 valence electrons. The minimum Gasteiger partial charge on any atom is -0.356 e. The van der Waals surface area contributed by atoms with Crippen molar-refractivity contribution in [3.05, 3.63) is 35.4 Å². The first-order valence-corrected chi connectivity index (χ1v) is 9.09. The highest BCUT2D eigenvalue weighted by molar-refractivity contribution is 5.78. The summed E-state index contributed by atoms with van der Waals surface area (Å²) >= 11 is 0. The van der Waals surface area contributed by atoms with Crippen LogP contribution in [0.2, 0.25) is 0 Å². The summed E-state index contributed by atoms with van der Waals surface area (Å²) in [6.45, 7) is 2.43. The van der Waals surface area contributed by atoms with Crippen molar-refractivity contribution >= 4 is 12.1 Å². The Morgan fingerprint density at radius 3 is 2.79 bits per heavy atom. The molecule has 4 N–H and O–H groups in total. The molecule has 1 heterocycles. The monoisotopic (exact) mass is 330 g/mol. The van der Waals surface area contributed by atoms with Crippen LogP contribution in [0.5, 0.6) is 0 Å². The van der Waals surface area contributed by atoms with Gasteiger partial charge in [-0.15, -0.1) is 0 Å². The van der Waals surface area contributed by atoms with Crippen LogP contribution in [0.1, 0.15) is 43.2 Å². The molecule has 0 fully saturated rings. The van der Waals surface area contributed by atoms with E-state index < -0.39 is 0 Å². The molecule has 1 aliphatic heterocycles. The number of nitrogens with one attached hydrogen (secondary N) is 2. The molecule has 0 radical (unpaired) electrons. The number of hydrazone groups is 1. The largest absolute Gasteiger partial charge is 0.356 e. The fraction of sp³-hybridized carbons (Fsp3) is 0.579. The van der Waals surface area contributed by atoms with Gasteiger partial charge in [0.1, 0.15) is 0 Å². The lowest BCUT2D eigenvalue weighted by Gasteiger charge is -2.10. The van der Waals surface area contributed by atoms with E-state index in [2.05, 4.69) is 28.0 Å². The number of benzene rings is 1. The van der Waals surface area contributed by atoms with Gasteiger partial charge in [0.2, 0.25) is 5.91 Å². The molecule has 0 spiro atoms. The second-order valence-corrected chi connectivity index (χ2v) is 6.44. The van der Waals surface area contributed by atoms with E-state index in [0.29, 0.717) is 12.3 Å². The third kappa shape index (κ3) is 6.71. The Labute approximate surface area is 145 Å². The van der Waals surface area contributed by atoms with E-state index in [1.807, 2.05) is 18.3 Å². The number of amides is 1.